The molecule has 6 nitrogen and oxygen atoms in total. The maximum atomic E-state index is 13.9. The lowest BCUT2D eigenvalue weighted by Gasteiger charge is -2.25. The number of likely N-dealkylation sites (N-methyl/N-ethyl adjacent to an activating group) is 1. The molecule has 1 heterocycles. The molecule has 0 saturated heterocycles. The van der Waals surface area contributed by atoms with E-state index in [1.165, 1.54) is 12.0 Å². The molecule has 0 radical (unpaired) electrons. The van der Waals surface area contributed by atoms with Crippen molar-refractivity contribution < 1.29 is 19.1 Å². The number of rotatable bonds is 8. The van der Waals surface area contributed by atoms with Crippen molar-refractivity contribution in [2.75, 3.05) is 25.7 Å². The van der Waals surface area contributed by atoms with Gasteiger partial charge < -0.3 is 14.4 Å². The van der Waals surface area contributed by atoms with Gasteiger partial charge in [-0.15, -0.1) is 0 Å². The number of carbonyl (C=O) groups is 2. The summed E-state index contributed by atoms with van der Waals surface area (Å²) in [6, 6.07) is 22.7. The third kappa shape index (κ3) is 4.27. The van der Waals surface area contributed by atoms with Crippen molar-refractivity contribution in [2.45, 2.75) is 20.4 Å². The summed E-state index contributed by atoms with van der Waals surface area (Å²) in [5, 5.41) is 0. The quantitative estimate of drug-likeness (QED) is 0.455. The van der Waals surface area contributed by atoms with Gasteiger partial charge in [-0.2, -0.15) is 0 Å². The van der Waals surface area contributed by atoms with Crippen molar-refractivity contribution in [1.29, 1.82) is 0 Å². The summed E-state index contributed by atoms with van der Waals surface area (Å²) in [5.74, 6) is 0.170. The van der Waals surface area contributed by atoms with E-state index in [-0.39, 0.29) is 11.8 Å². The second-order valence-corrected chi connectivity index (χ2v) is 8.07. The summed E-state index contributed by atoms with van der Waals surface area (Å²) in [5.41, 5.74) is 3.95. The van der Waals surface area contributed by atoms with E-state index in [9.17, 15) is 9.59 Å². The van der Waals surface area contributed by atoms with Gasteiger partial charge in [-0.1, -0.05) is 60.2 Å². The van der Waals surface area contributed by atoms with E-state index in [0.717, 1.165) is 11.1 Å². The lowest BCUT2D eigenvalue weighted by atomic mass is 10.0. The molecule has 0 atom stereocenters. The van der Waals surface area contributed by atoms with Crippen molar-refractivity contribution in [2.24, 2.45) is 0 Å². The van der Waals surface area contributed by atoms with Gasteiger partial charge >= 0.3 is 0 Å². The molecule has 1 aliphatic rings. The summed E-state index contributed by atoms with van der Waals surface area (Å²) < 4.78 is 10.8. The maximum Gasteiger partial charge on any atom is 0.282 e. The highest BCUT2D eigenvalue weighted by atomic mass is 16.5. The lowest BCUT2D eigenvalue weighted by molar-refractivity contribution is -0.120. The molecule has 174 valence electrons. The highest BCUT2D eigenvalue weighted by Gasteiger charge is 2.43. The molecule has 0 saturated carbocycles. The van der Waals surface area contributed by atoms with Crippen LogP contribution < -0.4 is 14.4 Å². The minimum Gasteiger partial charge on any atom is -0.497 e. The second-order valence-electron chi connectivity index (χ2n) is 8.07. The van der Waals surface area contributed by atoms with Gasteiger partial charge in [-0.3, -0.25) is 9.59 Å². The van der Waals surface area contributed by atoms with Crippen LogP contribution in [0.2, 0.25) is 0 Å². The molecule has 3 aromatic rings. The normalized spacial score (nSPS) is 13.5. The molecule has 0 N–H and O–H groups in total. The summed E-state index contributed by atoms with van der Waals surface area (Å²) in [7, 11) is 3.05. The van der Waals surface area contributed by atoms with E-state index >= 15 is 0 Å². The van der Waals surface area contributed by atoms with Crippen LogP contribution in [-0.2, 0) is 16.1 Å². The van der Waals surface area contributed by atoms with Crippen LogP contribution in [0.4, 0.5) is 5.69 Å². The van der Waals surface area contributed by atoms with Gasteiger partial charge in [0.25, 0.3) is 11.8 Å². The minimum atomic E-state index is -0.387. The topological polar surface area (TPSA) is 59.1 Å². The molecular formula is C28H28N2O4. The Bertz CT molecular complexity index is 1230. The van der Waals surface area contributed by atoms with Crippen molar-refractivity contribution >= 4 is 23.1 Å². The number of carbonyl (C=O) groups excluding carboxylic acids is 2. The standard InChI is InChI=1S/C28H28N2O4/c1-5-29(18-20-9-7-6-8-10-20)26-25(21-13-11-19(2)12-14-21)27(31)30(28(26)32)23-17-22(33-3)15-16-24(23)34-4/h6-17H,5,18H2,1-4H3. The molecule has 0 bridgehead atoms. The number of amides is 2. The minimum absolute atomic E-state index is 0.354. The van der Waals surface area contributed by atoms with Crippen LogP contribution in [0.3, 0.4) is 0 Å². The molecule has 2 amide bonds. The van der Waals surface area contributed by atoms with Crippen LogP contribution in [0.15, 0.2) is 78.5 Å². The highest BCUT2D eigenvalue weighted by Crippen LogP contribution is 2.40. The smallest absolute Gasteiger partial charge is 0.282 e. The lowest BCUT2D eigenvalue weighted by Crippen LogP contribution is -2.35. The zero-order chi connectivity index (χ0) is 24.2. The third-order valence-corrected chi connectivity index (χ3v) is 5.94. The van der Waals surface area contributed by atoms with E-state index in [4.69, 9.17) is 9.47 Å². The van der Waals surface area contributed by atoms with E-state index in [1.807, 2.05) is 73.3 Å². The average Bonchev–Trinajstić information content (AvgIpc) is 3.12. The number of aryl methyl sites for hydroxylation is 1. The van der Waals surface area contributed by atoms with Gasteiger partial charge in [0.05, 0.1) is 25.5 Å². The van der Waals surface area contributed by atoms with E-state index in [0.29, 0.717) is 47.1 Å². The SMILES string of the molecule is CCN(Cc1ccccc1)C1=C(c2ccc(C)cc2)C(=O)N(c2cc(OC)ccc2OC)C1=O. The molecule has 6 heteroatoms. The Kier molecular flexibility index (Phi) is 6.68. The van der Waals surface area contributed by atoms with Crippen LogP contribution in [0.5, 0.6) is 11.5 Å². The molecule has 0 spiro atoms. The van der Waals surface area contributed by atoms with Gasteiger partial charge in [-0.25, -0.2) is 4.90 Å². The number of anilines is 1. The van der Waals surface area contributed by atoms with Gasteiger partial charge in [-0.05, 0) is 37.1 Å². The molecule has 4 rings (SSSR count). The zero-order valence-corrected chi connectivity index (χ0v) is 19.9. The number of benzene rings is 3. The van der Waals surface area contributed by atoms with Crippen LogP contribution in [0.1, 0.15) is 23.6 Å². The van der Waals surface area contributed by atoms with Crippen LogP contribution in [0, 0.1) is 6.92 Å². The van der Waals surface area contributed by atoms with Gasteiger partial charge in [0.15, 0.2) is 0 Å². The second kappa shape index (κ2) is 9.83. The Balaban J connectivity index is 1.86. The van der Waals surface area contributed by atoms with Crippen LogP contribution in [-0.4, -0.2) is 37.5 Å². The molecule has 3 aromatic carbocycles. The zero-order valence-electron chi connectivity index (χ0n) is 19.9. The summed E-state index contributed by atoms with van der Waals surface area (Å²) in [6.07, 6.45) is 0. The predicted molar refractivity (Wildman–Crippen MR) is 133 cm³/mol. The predicted octanol–water partition coefficient (Wildman–Crippen LogP) is 4.82. The number of methoxy groups -OCH3 is 2. The number of ether oxygens (including phenoxy) is 2. The number of hydrogen-bond acceptors (Lipinski definition) is 5. The molecular weight excluding hydrogens is 428 g/mol. The Morgan fingerprint density at radius 1 is 0.853 bits per heavy atom. The summed E-state index contributed by atoms with van der Waals surface area (Å²) >= 11 is 0. The average molecular weight is 457 g/mol. The monoisotopic (exact) mass is 456 g/mol. The van der Waals surface area contributed by atoms with Crippen molar-refractivity contribution in [3.63, 3.8) is 0 Å². The van der Waals surface area contributed by atoms with Crippen molar-refractivity contribution in [3.8, 4) is 11.5 Å². The molecule has 1 aliphatic heterocycles. The molecule has 0 aliphatic carbocycles. The molecule has 0 unspecified atom stereocenters. The van der Waals surface area contributed by atoms with Gasteiger partial charge in [0.1, 0.15) is 17.2 Å². The Labute approximate surface area is 200 Å². The number of imide groups is 1. The number of nitrogens with zero attached hydrogens (tertiary/aromatic N) is 2. The third-order valence-electron chi connectivity index (χ3n) is 5.94. The van der Waals surface area contributed by atoms with Crippen LogP contribution in [0.25, 0.3) is 5.57 Å². The highest BCUT2D eigenvalue weighted by molar-refractivity contribution is 6.45. The van der Waals surface area contributed by atoms with Crippen molar-refractivity contribution in [1.82, 2.24) is 4.90 Å². The first kappa shape index (κ1) is 23.1. The maximum absolute atomic E-state index is 13.9. The Morgan fingerprint density at radius 2 is 1.56 bits per heavy atom. The van der Waals surface area contributed by atoms with Gasteiger partial charge in [0, 0.05) is 19.2 Å². The summed E-state index contributed by atoms with van der Waals surface area (Å²) in [6.45, 7) is 5.03. The fourth-order valence-electron chi connectivity index (χ4n) is 4.14. The fraction of sp³-hybridized carbons (Fsp3) is 0.214. The van der Waals surface area contributed by atoms with Gasteiger partial charge in [0.2, 0.25) is 0 Å². The van der Waals surface area contributed by atoms with E-state index < -0.39 is 0 Å². The molecule has 0 fully saturated rings. The fourth-order valence-corrected chi connectivity index (χ4v) is 4.14. The molecule has 34 heavy (non-hydrogen) atoms. The first-order chi connectivity index (χ1) is 16.5. The largest absolute Gasteiger partial charge is 0.497 e. The first-order valence-electron chi connectivity index (χ1n) is 11.2. The number of hydrogen-bond donors (Lipinski definition) is 0. The first-order valence-corrected chi connectivity index (χ1v) is 11.2. The Hall–Kier alpha value is -4.06. The van der Waals surface area contributed by atoms with E-state index in [2.05, 4.69) is 0 Å². The van der Waals surface area contributed by atoms with Crippen molar-refractivity contribution in [3.05, 3.63) is 95.2 Å². The molecule has 0 aromatic heterocycles. The van der Waals surface area contributed by atoms with E-state index in [1.54, 1.807) is 25.3 Å². The summed E-state index contributed by atoms with van der Waals surface area (Å²) in [4.78, 5) is 31.0. The van der Waals surface area contributed by atoms with Crippen LogP contribution >= 0.6 is 0 Å². The Morgan fingerprint density at radius 3 is 2.18 bits per heavy atom.